The van der Waals surface area contributed by atoms with Crippen LogP contribution in [-0.2, 0) is 33.8 Å². The molecule has 1 heterocycles. The van der Waals surface area contributed by atoms with E-state index in [9.17, 15) is 31.5 Å². The molecular formula is C30H37F3N2O5S2. The molecule has 0 unspecified atom stereocenters. The van der Waals surface area contributed by atoms with E-state index in [4.69, 9.17) is 5.11 Å². The summed E-state index contributed by atoms with van der Waals surface area (Å²) in [5, 5.41) is 27.0. The average molecular weight is 627 g/mol. The first-order chi connectivity index (χ1) is 19.6. The van der Waals surface area contributed by atoms with Crippen LogP contribution in [0.3, 0.4) is 0 Å². The molecule has 0 saturated heterocycles. The summed E-state index contributed by atoms with van der Waals surface area (Å²) in [7, 11) is -3.18. The van der Waals surface area contributed by atoms with E-state index in [1.54, 1.807) is 29.5 Å². The monoisotopic (exact) mass is 626 g/mol. The second kappa shape index (κ2) is 14.1. The van der Waals surface area contributed by atoms with Crippen molar-refractivity contribution < 1.29 is 36.6 Å². The molecule has 0 aliphatic rings. The number of aliphatic hydroxyl groups is 1. The Morgan fingerprint density at radius 3 is 2.43 bits per heavy atom. The Labute approximate surface area is 249 Å². The van der Waals surface area contributed by atoms with E-state index in [2.05, 4.69) is 16.8 Å². The van der Waals surface area contributed by atoms with Crippen LogP contribution in [-0.4, -0.2) is 60.7 Å². The van der Waals surface area contributed by atoms with E-state index in [-0.39, 0.29) is 37.0 Å². The number of sulfonamides is 1. The molecule has 3 N–H and O–H groups in total. The number of rotatable bonds is 15. The molecule has 1 aromatic heterocycles. The van der Waals surface area contributed by atoms with Gasteiger partial charge in [-0.05, 0) is 96.8 Å². The van der Waals surface area contributed by atoms with Crippen molar-refractivity contribution in [3.8, 4) is 11.1 Å². The summed E-state index contributed by atoms with van der Waals surface area (Å²) in [6, 6.07) is 11.0. The first-order valence-electron chi connectivity index (χ1n) is 13.5. The Morgan fingerprint density at radius 2 is 1.79 bits per heavy atom. The van der Waals surface area contributed by atoms with Crippen LogP contribution >= 0.6 is 11.3 Å². The number of aryl methyl sites for hydroxylation is 2. The van der Waals surface area contributed by atoms with E-state index in [1.807, 2.05) is 19.2 Å². The van der Waals surface area contributed by atoms with Crippen molar-refractivity contribution in [1.82, 2.24) is 9.62 Å². The lowest BCUT2D eigenvalue weighted by atomic mass is 9.96. The molecule has 230 valence electrons. The fraction of sp³-hybridized carbons (Fsp3) is 0.433. The van der Waals surface area contributed by atoms with Crippen LogP contribution in [0.15, 0.2) is 64.2 Å². The number of nitrogens with one attached hydrogen (secondary N) is 1. The molecule has 0 bridgehead atoms. The summed E-state index contributed by atoms with van der Waals surface area (Å²) in [5.74, 6) is -1.01. The Kier molecular flexibility index (Phi) is 11.4. The highest BCUT2D eigenvalue weighted by Gasteiger charge is 2.34. The number of carbonyl (C=O) groups is 1. The van der Waals surface area contributed by atoms with Crippen molar-refractivity contribution in [3.63, 3.8) is 0 Å². The molecule has 3 aromatic rings. The molecule has 0 amide bonds. The molecule has 0 fully saturated rings. The number of hydrogen-bond acceptors (Lipinski definition) is 6. The van der Waals surface area contributed by atoms with E-state index >= 15 is 0 Å². The molecule has 0 aliphatic carbocycles. The van der Waals surface area contributed by atoms with Gasteiger partial charge in [0.1, 0.15) is 0 Å². The Morgan fingerprint density at radius 1 is 1.05 bits per heavy atom. The van der Waals surface area contributed by atoms with Gasteiger partial charge in [-0.2, -0.15) is 28.8 Å². The van der Waals surface area contributed by atoms with Gasteiger partial charge in [-0.15, -0.1) is 0 Å². The van der Waals surface area contributed by atoms with Crippen LogP contribution in [0.2, 0.25) is 0 Å². The van der Waals surface area contributed by atoms with Gasteiger partial charge >= 0.3 is 12.1 Å². The molecule has 12 heteroatoms. The van der Waals surface area contributed by atoms with Gasteiger partial charge in [0.15, 0.2) is 0 Å². The number of likely N-dealkylation sites (N-methyl/N-ethyl adjacent to an activating group) is 1. The van der Waals surface area contributed by atoms with Crippen molar-refractivity contribution >= 4 is 27.3 Å². The average Bonchev–Trinajstić information content (AvgIpc) is 3.43. The van der Waals surface area contributed by atoms with Crippen LogP contribution in [0.25, 0.3) is 11.1 Å². The van der Waals surface area contributed by atoms with Crippen molar-refractivity contribution in [2.45, 2.75) is 68.7 Å². The maximum absolute atomic E-state index is 13.8. The van der Waals surface area contributed by atoms with Gasteiger partial charge in [-0.3, -0.25) is 4.79 Å². The Hall–Kier alpha value is -2.77. The molecular weight excluding hydrogens is 589 g/mol. The van der Waals surface area contributed by atoms with Gasteiger partial charge in [0.2, 0.25) is 10.0 Å². The highest BCUT2D eigenvalue weighted by molar-refractivity contribution is 7.89. The minimum absolute atomic E-state index is 0.0281. The normalized spacial score (nSPS) is 13.4. The zero-order chi connectivity index (χ0) is 31.1. The third-order valence-corrected chi connectivity index (χ3v) is 9.49. The molecule has 7 nitrogen and oxygen atoms in total. The number of thiophene rings is 1. The molecule has 0 saturated carbocycles. The Bertz CT molecular complexity index is 1440. The predicted molar refractivity (Wildman–Crippen MR) is 158 cm³/mol. The lowest BCUT2D eigenvalue weighted by Gasteiger charge is -2.29. The lowest BCUT2D eigenvalue weighted by Crippen LogP contribution is -2.46. The third kappa shape index (κ3) is 9.91. The van der Waals surface area contributed by atoms with E-state index < -0.39 is 38.7 Å². The minimum atomic E-state index is -4.81. The SMILES string of the molecule is CN(C[C@H](O)CNC(C)(C)CCCc1ccsc1)S(=O)(=O)c1cc(-c2cccc(CCC(=O)O)c2)cc(C(F)(F)F)c1. The van der Waals surface area contributed by atoms with Crippen molar-refractivity contribution in [2.24, 2.45) is 0 Å². The summed E-state index contributed by atoms with van der Waals surface area (Å²) in [5.41, 5.74) is 0.775. The molecule has 0 spiro atoms. The third-order valence-electron chi connectivity index (χ3n) is 6.96. The second-order valence-electron chi connectivity index (χ2n) is 11.0. The second-order valence-corrected chi connectivity index (χ2v) is 13.9. The number of halogens is 3. The molecule has 42 heavy (non-hydrogen) atoms. The lowest BCUT2D eigenvalue weighted by molar-refractivity contribution is -0.138. The fourth-order valence-electron chi connectivity index (χ4n) is 4.53. The topological polar surface area (TPSA) is 107 Å². The molecule has 1 atom stereocenters. The standard InChI is InChI=1S/C30H37F3N2O5S2/c1-29(2,12-5-7-22-11-13-41-20-22)34-18-26(36)19-35(3)42(39,40)27-16-24(15-25(17-27)30(31,32)33)23-8-4-6-21(14-23)9-10-28(37)38/h4,6,8,11,13-17,20,26,34,36H,5,7,9-10,12,18-19H2,1-3H3,(H,37,38)/t26-/m1/s1. The van der Waals surface area contributed by atoms with Crippen LogP contribution in [0.4, 0.5) is 13.2 Å². The smallest absolute Gasteiger partial charge is 0.416 e. The molecule has 2 aromatic carbocycles. The maximum Gasteiger partial charge on any atom is 0.416 e. The predicted octanol–water partition coefficient (Wildman–Crippen LogP) is 5.82. The number of aliphatic carboxylic acids is 1. The molecule has 0 radical (unpaired) electrons. The van der Waals surface area contributed by atoms with Crippen LogP contribution in [0.5, 0.6) is 0 Å². The highest BCUT2D eigenvalue weighted by Crippen LogP contribution is 2.35. The van der Waals surface area contributed by atoms with Crippen LogP contribution in [0, 0.1) is 0 Å². The van der Waals surface area contributed by atoms with Gasteiger partial charge in [0, 0.05) is 32.1 Å². The number of aliphatic hydroxyl groups excluding tert-OH is 1. The van der Waals surface area contributed by atoms with Crippen LogP contribution in [0.1, 0.15) is 49.8 Å². The van der Waals surface area contributed by atoms with E-state index in [1.165, 1.54) is 24.7 Å². The zero-order valence-electron chi connectivity index (χ0n) is 23.8. The minimum Gasteiger partial charge on any atom is -0.481 e. The van der Waals surface area contributed by atoms with E-state index in [0.29, 0.717) is 17.2 Å². The number of hydrogen-bond donors (Lipinski definition) is 3. The van der Waals surface area contributed by atoms with Crippen molar-refractivity contribution in [2.75, 3.05) is 20.1 Å². The van der Waals surface area contributed by atoms with Crippen molar-refractivity contribution in [1.29, 1.82) is 0 Å². The molecule has 3 rings (SSSR count). The molecule has 0 aliphatic heterocycles. The quantitative estimate of drug-likeness (QED) is 0.196. The number of carboxylic acids is 1. The summed E-state index contributed by atoms with van der Waals surface area (Å²) >= 11 is 1.65. The summed E-state index contributed by atoms with van der Waals surface area (Å²) in [4.78, 5) is 10.4. The summed E-state index contributed by atoms with van der Waals surface area (Å²) in [6.45, 7) is 3.77. The van der Waals surface area contributed by atoms with Crippen molar-refractivity contribution in [3.05, 3.63) is 76.0 Å². The van der Waals surface area contributed by atoms with Gasteiger partial charge in [-0.25, -0.2) is 8.42 Å². The largest absolute Gasteiger partial charge is 0.481 e. The summed E-state index contributed by atoms with van der Waals surface area (Å²) < 4.78 is 69.1. The van der Waals surface area contributed by atoms with Crippen LogP contribution < -0.4 is 5.32 Å². The number of alkyl halides is 3. The van der Waals surface area contributed by atoms with Gasteiger partial charge < -0.3 is 15.5 Å². The summed E-state index contributed by atoms with van der Waals surface area (Å²) in [6.07, 6.45) is -3.19. The van der Waals surface area contributed by atoms with Gasteiger partial charge in [-0.1, -0.05) is 24.3 Å². The fourth-order valence-corrected chi connectivity index (χ4v) is 6.51. The number of benzene rings is 2. The maximum atomic E-state index is 13.8. The van der Waals surface area contributed by atoms with E-state index in [0.717, 1.165) is 29.6 Å². The number of nitrogens with zero attached hydrogens (tertiary/aromatic N) is 1. The van der Waals surface area contributed by atoms with Gasteiger partial charge in [0.05, 0.1) is 16.6 Å². The number of carboxylic acid groups (broad SMARTS) is 1. The highest BCUT2D eigenvalue weighted by atomic mass is 32.2. The number of β-amino-alcohol motifs (C(OH)–C–C–N with tert-alkyl or cyclic N) is 1. The first kappa shape index (κ1) is 33.7. The Balaban J connectivity index is 1.73. The first-order valence-corrected chi connectivity index (χ1v) is 15.9. The zero-order valence-corrected chi connectivity index (χ0v) is 25.5. The van der Waals surface area contributed by atoms with Gasteiger partial charge in [0.25, 0.3) is 0 Å².